The van der Waals surface area contributed by atoms with Crippen LogP contribution in [0, 0.1) is 13.8 Å². The fourth-order valence-corrected chi connectivity index (χ4v) is 6.50. The van der Waals surface area contributed by atoms with Gasteiger partial charge in [0.2, 0.25) is 10.0 Å². The van der Waals surface area contributed by atoms with Crippen molar-refractivity contribution >= 4 is 43.5 Å². The first kappa shape index (κ1) is 26.2. The minimum Gasteiger partial charge on any atom is -0.468 e. The van der Waals surface area contributed by atoms with Crippen molar-refractivity contribution in [2.45, 2.75) is 44.2 Å². The number of hydrogen-bond donors (Lipinski definition) is 0. The van der Waals surface area contributed by atoms with Gasteiger partial charge in [0.15, 0.2) is 4.80 Å². The molecule has 1 atom stereocenters. The predicted molar refractivity (Wildman–Crippen MR) is 136 cm³/mol. The molecule has 1 saturated heterocycles. The van der Waals surface area contributed by atoms with E-state index in [1.807, 2.05) is 26.0 Å². The van der Waals surface area contributed by atoms with E-state index in [1.54, 1.807) is 4.57 Å². The number of nitrogens with zero attached hydrogens (tertiary/aromatic N) is 3. The summed E-state index contributed by atoms with van der Waals surface area (Å²) in [7, 11) is -0.885. The van der Waals surface area contributed by atoms with E-state index in [1.165, 1.54) is 54.1 Å². The van der Waals surface area contributed by atoms with Gasteiger partial charge in [-0.25, -0.2) is 8.42 Å². The lowest BCUT2D eigenvalue weighted by molar-refractivity contribution is -0.141. The normalized spacial score (nSPS) is 16.7. The van der Waals surface area contributed by atoms with Crippen LogP contribution in [0.4, 0.5) is 0 Å². The molecule has 0 aliphatic carbocycles. The number of sulfonamides is 1. The van der Waals surface area contributed by atoms with Crippen LogP contribution in [0.5, 0.6) is 0 Å². The summed E-state index contributed by atoms with van der Waals surface area (Å²) in [6.45, 7) is 4.78. The molecule has 4 rings (SSSR count). The molecule has 2 aromatic carbocycles. The number of ether oxygens (including phenoxy) is 2. The van der Waals surface area contributed by atoms with Crippen LogP contribution in [0.2, 0.25) is 0 Å². The zero-order valence-corrected chi connectivity index (χ0v) is 22.3. The second kappa shape index (κ2) is 10.6. The van der Waals surface area contributed by atoms with Gasteiger partial charge in [-0.1, -0.05) is 17.4 Å². The molecule has 9 nitrogen and oxygen atoms in total. The number of esters is 1. The van der Waals surface area contributed by atoms with Crippen LogP contribution in [0.25, 0.3) is 10.2 Å². The third-order valence-electron chi connectivity index (χ3n) is 6.12. The van der Waals surface area contributed by atoms with Gasteiger partial charge in [-0.05, 0) is 68.1 Å². The molecule has 0 N–H and O–H groups in total. The Morgan fingerprint density at radius 3 is 2.58 bits per heavy atom. The van der Waals surface area contributed by atoms with Crippen LogP contribution in [0.15, 0.2) is 46.3 Å². The molecule has 0 bridgehead atoms. The molecule has 0 radical (unpaired) electrons. The van der Waals surface area contributed by atoms with Crippen molar-refractivity contribution in [2.75, 3.05) is 27.3 Å². The van der Waals surface area contributed by atoms with Crippen LogP contribution in [-0.2, 0) is 30.8 Å². The summed E-state index contributed by atoms with van der Waals surface area (Å²) < 4.78 is 40.1. The molecule has 0 spiro atoms. The van der Waals surface area contributed by atoms with Gasteiger partial charge in [0.1, 0.15) is 6.54 Å². The smallest absolute Gasteiger partial charge is 0.325 e. The average molecular weight is 532 g/mol. The Bertz CT molecular complexity index is 1470. The van der Waals surface area contributed by atoms with Crippen molar-refractivity contribution in [3.63, 3.8) is 0 Å². The van der Waals surface area contributed by atoms with E-state index < -0.39 is 21.9 Å². The van der Waals surface area contributed by atoms with Crippen molar-refractivity contribution < 1.29 is 27.5 Å². The zero-order chi connectivity index (χ0) is 26.0. The molecule has 3 aromatic rings. The van der Waals surface area contributed by atoms with E-state index in [2.05, 4.69) is 4.99 Å². The molecule has 2 heterocycles. The molecule has 192 valence electrons. The molecule has 0 saturated carbocycles. The first-order chi connectivity index (χ1) is 17.1. The average Bonchev–Trinajstić information content (AvgIpc) is 3.47. The number of rotatable bonds is 7. The first-order valence-corrected chi connectivity index (χ1v) is 13.8. The number of hydrogen-bond acceptors (Lipinski definition) is 7. The number of thiazole rings is 1. The fraction of sp³-hybridized carbons (Fsp3) is 0.400. The third-order valence-corrected chi connectivity index (χ3v) is 9.19. The van der Waals surface area contributed by atoms with E-state index in [-0.39, 0.29) is 29.7 Å². The maximum Gasteiger partial charge on any atom is 0.325 e. The summed E-state index contributed by atoms with van der Waals surface area (Å²) in [5, 5.41) is 0. The Labute approximate surface area is 214 Å². The van der Waals surface area contributed by atoms with Gasteiger partial charge in [-0.2, -0.15) is 9.30 Å². The number of fused-ring (bicyclic) bond motifs is 1. The third kappa shape index (κ3) is 5.44. The van der Waals surface area contributed by atoms with Crippen molar-refractivity contribution in [1.29, 1.82) is 0 Å². The Morgan fingerprint density at radius 2 is 1.94 bits per heavy atom. The molecular weight excluding hydrogens is 502 g/mol. The second-order valence-electron chi connectivity index (χ2n) is 8.84. The van der Waals surface area contributed by atoms with Crippen molar-refractivity contribution in [1.82, 2.24) is 8.87 Å². The quantitative estimate of drug-likeness (QED) is 0.434. The lowest BCUT2D eigenvalue weighted by Crippen LogP contribution is -2.34. The van der Waals surface area contributed by atoms with Gasteiger partial charge >= 0.3 is 5.97 Å². The maximum atomic E-state index is 13.0. The van der Waals surface area contributed by atoms with E-state index >= 15 is 0 Å². The van der Waals surface area contributed by atoms with Gasteiger partial charge in [-0.3, -0.25) is 9.59 Å². The summed E-state index contributed by atoms with van der Waals surface area (Å²) in [4.78, 5) is 29.8. The van der Waals surface area contributed by atoms with Crippen molar-refractivity contribution in [2.24, 2.45) is 4.99 Å². The Hall–Kier alpha value is -2.86. The number of benzene rings is 2. The lowest BCUT2D eigenvalue weighted by Gasteiger charge is -2.20. The number of aryl methyl sites for hydroxylation is 2. The minimum absolute atomic E-state index is 0.0836. The van der Waals surface area contributed by atoms with Crippen LogP contribution >= 0.6 is 11.3 Å². The Morgan fingerprint density at radius 1 is 1.22 bits per heavy atom. The zero-order valence-electron chi connectivity index (χ0n) is 20.7. The molecule has 1 unspecified atom stereocenters. The van der Waals surface area contributed by atoms with Crippen LogP contribution in [0.1, 0.15) is 34.3 Å². The number of amides is 1. The van der Waals surface area contributed by atoms with E-state index in [9.17, 15) is 18.0 Å². The van der Waals surface area contributed by atoms with Crippen molar-refractivity contribution in [3.05, 3.63) is 57.9 Å². The topological polar surface area (TPSA) is 107 Å². The molecule has 1 fully saturated rings. The highest BCUT2D eigenvalue weighted by Gasteiger charge is 2.26. The molecule has 1 aliphatic rings. The predicted octanol–water partition coefficient (Wildman–Crippen LogP) is 3.03. The molecule has 11 heteroatoms. The van der Waals surface area contributed by atoms with Crippen molar-refractivity contribution in [3.8, 4) is 0 Å². The second-order valence-corrected chi connectivity index (χ2v) is 11.9. The fourth-order valence-electron chi connectivity index (χ4n) is 4.22. The standard InChI is InChI=1S/C25H29N3O6S2/c1-16-12-17(2)23-21(13-16)28(15-22(29)33-4)25(35-23)26-24(30)18-7-9-20(10-8-18)36(31,32)27(3)14-19-6-5-11-34-19/h7-10,12-13,19H,5-6,11,14-15H2,1-4H3. The van der Waals surface area contributed by atoms with Gasteiger partial charge < -0.3 is 14.0 Å². The molecular formula is C25H29N3O6S2. The highest BCUT2D eigenvalue weighted by Crippen LogP contribution is 2.24. The number of aromatic nitrogens is 1. The summed E-state index contributed by atoms with van der Waals surface area (Å²) >= 11 is 1.31. The van der Waals surface area contributed by atoms with E-state index in [0.29, 0.717) is 11.4 Å². The monoisotopic (exact) mass is 531 g/mol. The Balaban J connectivity index is 1.64. The summed E-state index contributed by atoms with van der Waals surface area (Å²) in [6.07, 6.45) is 1.66. The largest absolute Gasteiger partial charge is 0.468 e. The highest BCUT2D eigenvalue weighted by atomic mass is 32.2. The summed E-state index contributed by atoms with van der Waals surface area (Å²) in [6, 6.07) is 9.69. The van der Waals surface area contributed by atoms with Gasteiger partial charge in [0.25, 0.3) is 5.91 Å². The molecule has 1 amide bonds. The van der Waals surface area contributed by atoms with Crippen LogP contribution in [0.3, 0.4) is 0 Å². The number of carbonyl (C=O) groups is 2. The minimum atomic E-state index is -3.72. The van der Waals surface area contributed by atoms with Gasteiger partial charge in [-0.15, -0.1) is 0 Å². The van der Waals surface area contributed by atoms with Crippen LogP contribution in [-0.4, -0.2) is 62.6 Å². The molecule has 1 aromatic heterocycles. The first-order valence-electron chi connectivity index (χ1n) is 11.5. The number of carbonyl (C=O) groups excluding carboxylic acids is 2. The Kier molecular flexibility index (Phi) is 7.74. The maximum absolute atomic E-state index is 13.0. The van der Waals surface area contributed by atoms with Crippen LogP contribution < -0.4 is 4.80 Å². The number of methoxy groups -OCH3 is 1. The van der Waals surface area contributed by atoms with E-state index in [4.69, 9.17) is 9.47 Å². The highest BCUT2D eigenvalue weighted by molar-refractivity contribution is 7.89. The molecule has 1 aliphatic heterocycles. The number of likely N-dealkylation sites (N-methyl/N-ethyl adjacent to an activating group) is 1. The summed E-state index contributed by atoms with van der Waals surface area (Å²) in [5.74, 6) is -0.990. The molecule has 36 heavy (non-hydrogen) atoms. The lowest BCUT2D eigenvalue weighted by atomic mass is 10.1. The van der Waals surface area contributed by atoms with Gasteiger partial charge in [0, 0.05) is 25.8 Å². The van der Waals surface area contributed by atoms with Gasteiger partial charge in [0.05, 0.1) is 28.3 Å². The SMILES string of the molecule is COC(=O)Cn1c(=NC(=O)c2ccc(S(=O)(=O)N(C)CC3CCCO3)cc2)sc2c(C)cc(C)cc21. The van der Waals surface area contributed by atoms with E-state index in [0.717, 1.165) is 34.2 Å². The summed E-state index contributed by atoms with van der Waals surface area (Å²) in [5.41, 5.74) is 3.08.